The molecule has 6 nitrogen and oxygen atoms in total. The first-order valence-corrected chi connectivity index (χ1v) is 7.67. The normalized spacial score (nSPS) is 22.2. The van der Waals surface area contributed by atoms with Gasteiger partial charge >= 0.3 is 0 Å². The first kappa shape index (κ1) is 13.5. The van der Waals surface area contributed by atoms with E-state index in [0.717, 1.165) is 44.2 Å². The van der Waals surface area contributed by atoms with Crippen molar-refractivity contribution < 1.29 is 8.91 Å². The Hall–Kier alpha value is -2.18. The summed E-state index contributed by atoms with van der Waals surface area (Å²) in [4.78, 5) is 13.0. The average Bonchev–Trinajstić information content (AvgIpc) is 3.26. The third-order valence-corrected chi connectivity index (χ3v) is 4.27. The Kier molecular flexibility index (Phi) is 3.20. The smallest absolute Gasteiger partial charge is 0.266 e. The van der Waals surface area contributed by atoms with Crippen LogP contribution in [0, 0.1) is 5.82 Å². The number of hydrogen-bond donors (Lipinski definition) is 0. The van der Waals surface area contributed by atoms with Gasteiger partial charge in [0.15, 0.2) is 0 Å². The van der Waals surface area contributed by atoms with Gasteiger partial charge in [-0.15, -0.1) is 0 Å². The van der Waals surface area contributed by atoms with Crippen LogP contribution in [0.15, 0.2) is 22.9 Å². The minimum absolute atomic E-state index is 0.245. The number of pyridine rings is 1. The SMILES string of the molecule is CC1CN(c2noc(C3CC3)n2)CCN1c1ccc(F)cn1. The van der Waals surface area contributed by atoms with Crippen molar-refractivity contribution >= 4 is 11.8 Å². The van der Waals surface area contributed by atoms with E-state index in [1.807, 2.05) is 0 Å². The summed E-state index contributed by atoms with van der Waals surface area (Å²) in [6, 6.07) is 3.42. The zero-order chi connectivity index (χ0) is 15.1. The Morgan fingerprint density at radius 3 is 2.82 bits per heavy atom. The number of halogens is 1. The number of aromatic nitrogens is 3. The van der Waals surface area contributed by atoms with E-state index in [1.54, 1.807) is 6.07 Å². The van der Waals surface area contributed by atoms with Gasteiger partial charge in [0.05, 0.1) is 6.20 Å². The molecule has 0 bridgehead atoms. The van der Waals surface area contributed by atoms with Crippen LogP contribution in [0.4, 0.5) is 16.2 Å². The van der Waals surface area contributed by atoms with E-state index in [-0.39, 0.29) is 11.9 Å². The standard InChI is InChI=1S/C15H18FN5O/c1-10-9-20(15-18-14(22-19-15)11-2-3-11)6-7-21(10)13-5-4-12(16)8-17-13/h4-5,8,10-11H,2-3,6-7,9H2,1H3. The van der Waals surface area contributed by atoms with E-state index >= 15 is 0 Å². The van der Waals surface area contributed by atoms with Gasteiger partial charge in [0.1, 0.15) is 11.6 Å². The first-order chi connectivity index (χ1) is 10.7. The molecule has 2 fully saturated rings. The zero-order valence-corrected chi connectivity index (χ0v) is 12.4. The Morgan fingerprint density at radius 2 is 2.14 bits per heavy atom. The van der Waals surface area contributed by atoms with Crippen molar-refractivity contribution in [2.45, 2.75) is 31.7 Å². The van der Waals surface area contributed by atoms with Gasteiger partial charge in [0.25, 0.3) is 5.95 Å². The van der Waals surface area contributed by atoms with Gasteiger partial charge in [-0.05, 0) is 37.1 Å². The Bertz CT molecular complexity index is 654. The minimum atomic E-state index is -0.311. The second kappa shape index (κ2) is 5.23. The quantitative estimate of drug-likeness (QED) is 0.866. The summed E-state index contributed by atoms with van der Waals surface area (Å²) in [6.45, 7) is 4.52. The molecular weight excluding hydrogens is 285 g/mol. The molecule has 1 aliphatic heterocycles. The van der Waals surface area contributed by atoms with Crippen LogP contribution < -0.4 is 9.80 Å². The molecule has 22 heavy (non-hydrogen) atoms. The highest BCUT2D eigenvalue weighted by Crippen LogP contribution is 2.39. The van der Waals surface area contributed by atoms with Crippen molar-refractivity contribution in [3.8, 4) is 0 Å². The lowest BCUT2D eigenvalue weighted by Gasteiger charge is -2.39. The molecule has 2 aliphatic rings. The molecule has 116 valence electrons. The van der Waals surface area contributed by atoms with E-state index < -0.39 is 0 Å². The molecule has 2 aromatic rings. The maximum Gasteiger partial charge on any atom is 0.266 e. The molecule has 7 heteroatoms. The molecule has 3 heterocycles. The topological polar surface area (TPSA) is 58.3 Å². The lowest BCUT2D eigenvalue weighted by Crippen LogP contribution is -2.52. The Balaban J connectivity index is 1.45. The minimum Gasteiger partial charge on any atom is -0.350 e. The van der Waals surface area contributed by atoms with Crippen LogP contribution in [0.3, 0.4) is 0 Å². The zero-order valence-electron chi connectivity index (χ0n) is 12.4. The summed E-state index contributed by atoms with van der Waals surface area (Å²) in [5.41, 5.74) is 0. The summed E-state index contributed by atoms with van der Waals surface area (Å²) in [6.07, 6.45) is 3.57. The van der Waals surface area contributed by atoms with Gasteiger partial charge < -0.3 is 14.3 Å². The molecule has 1 atom stereocenters. The molecule has 4 rings (SSSR count). The summed E-state index contributed by atoms with van der Waals surface area (Å²) in [7, 11) is 0. The van der Waals surface area contributed by atoms with E-state index in [1.165, 1.54) is 12.3 Å². The second-order valence-corrected chi connectivity index (χ2v) is 6.03. The van der Waals surface area contributed by atoms with Crippen LogP contribution in [0.25, 0.3) is 0 Å². The van der Waals surface area contributed by atoms with Crippen molar-refractivity contribution in [1.82, 2.24) is 15.1 Å². The number of nitrogens with zero attached hydrogens (tertiary/aromatic N) is 5. The monoisotopic (exact) mass is 303 g/mol. The maximum atomic E-state index is 13.0. The van der Waals surface area contributed by atoms with Crippen molar-refractivity contribution in [2.75, 3.05) is 29.4 Å². The lowest BCUT2D eigenvalue weighted by atomic mass is 10.2. The molecule has 2 aromatic heterocycles. The highest BCUT2D eigenvalue weighted by atomic mass is 19.1. The predicted molar refractivity (Wildman–Crippen MR) is 79.5 cm³/mol. The highest BCUT2D eigenvalue weighted by molar-refractivity contribution is 5.43. The Labute approximate surface area is 127 Å². The number of hydrogen-bond acceptors (Lipinski definition) is 6. The highest BCUT2D eigenvalue weighted by Gasteiger charge is 2.32. The van der Waals surface area contributed by atoms with E-state index in [2.05, 4.69) is 31.8 Å². The van der Waals surface area contributed by atoms with Crippen LogP contribution in [0.5, 0.6) is 0 Å². The van der Waals surface area contributed by atoms with E-state index in [4.69, 9.17) is 4.52 Å². The fourth-order valence-electron chi connectivity index (χ4n) is 2.87. The van der Waals surface area contributed by atoms with Crippen LogP contribution in [-0.4, -0.2) is 40.8 Å². The maximum absolute atomic E-state index is 13.0. The summed E-state index contributed by atoms with van der Waals surface area (Å²) < 4.78 is 18.3. The van der Waals surface area contributed by atoms with Crippen molar-refractivity contribution in [2.24, 2.45) is 0 Å². The van der Waals surface area contributed by atoms with Crippen LogP contribution >= 0.6 is 0 Å². The number of piperazine rings is 1. The van der Waals surface area contributed by atoms with Crippen LogP contribution in [-0.2, 0) is 0 Å². The first-order valence-electron chi connectivity index (χ1n) is 7.67. The van der Waals surface area contributed by atoms with Crippen LogP contribution in [0.1, 0.15) is 31.6 Å². The third-order valence-electron chi connectivity index (χ3n) is 4.27. The van der Waals surface area contributed by atoms with Gasteiger partial charge in [-0.25, -0.2) is 9.37 Å². The molecule has 1 saturated heterocycles. The van der Waals surface area contributed by atoms with Gasteiger partial charge in [0.2, 0.25) is 5.89 Å². The van der Waals surface area contributed by atoms with Gasteiger partial charge in [-0.1, -0.05) is 0 Å². The molecule has 1 saturated carbocycles. The van der Waals surface area contributed by atoms with Crippen molar-refractivity contribution in [1.29, 1.82) is 0 Å². The second-order valence-electron chi connectivity index (χ2n) is 6.03. The molecule has 0 N–H and O–H groups in total. The van der Waals surface area contributed by atoms with Crippen molar-refractivity contribution in [3.63, 3.8) is 0 Å². The Morgan fingerprint density at radius 1 is 1.27 bits per heavy atom. The average molecular weight is 303 g/mol. The summed E-state index contributed by atoms with van der Waals surface area (Å²) in [5, 5.41) is 4.10. The number of anilines is 2. The molecular formula is C15H18FN5O. The third kappa shape index (κ3) is 2.51. The van der Waals surface area contributed by atoms with Gasteiger partial charge in [-0.3, -0.25) is 0 Å². The lowest BCUT2D eigenvalue weighted by molar-refractivity contribution is 0.377. The van der Waals surface area contributed by atoms with Crippen LogP contribution in [0.2, 0.25) is 0 Å². The van der Waals surface area contributed by atoms with E-state index in [0.29, 0.717) is 11.9 Å². The molecule has 0 radical (unpaired) electrons. The predicted octanol–water partition coefficient (Wildman–Crippen LogP) is 2.20. The molecule has 0 aromatic carbocycles. The molecule has 0 spiro atoms. The van der Waals surface area contributed by atoms with Crippen molar-refractivity contribution in [3.05, 3.63) is 30.0 Å². The van der Waals surface area contributed by atoms with E-state index in [9.17, 15) is 4.39 Å². The molecule has 1 unspecified atom stereocenters. The largest absolute Gasteiger partial charge is 0.350 e. The number of rotatable bonds is 3. The molecule has 1 aliphatic carbocycles. The molecule has 0 amide bonds. The summed E-state index contributed by atoms with van der Waals surface area (Å²) in [5.74, 6) is 2.42. The fourth-order valence-corrected chi connectivity index (χ4v) is 2.87. The summed E-state index contributed by atoms with van der Waals surface area (Å²) >= 11 is 0. The fraction of sp³-hybridized carbons (Fsp3) is 0.533. The van der Waals surface area contributed by atoms with Gasteiger partial charge in [0, 0.05) is 31.6 Å². The van der Waals surface area contributed by atoms with Gasteiger partial charge in [-0.2, -0.15) is 4.98 Å².